The maximum Gasteiger partial charge on any atom is 0.129 e. The smallest absolute Gasteiger partial charge is 0.129 e. The normalized spacial score (nSPS) is 23.6. The molecular weight excluding hydrogens is 224 g/mol. The SMILES string of the molecule is CN1C=C(CN2CC=C(CC3=NCN=C3)C2)CC1. The van der Waals surface area contributed by atoms with Gasteiger partial charge in [-0.15, -0.1) is 0 Å². The Morgan fingerprint density at radius 2 is 2.28 bits per heavy atom. The van der Waals surface area contributed by atoms with Gasteiger partial charge < -0.3 is 4.90 Å². The Labute approximate surface area is 108 Å². The van der Waals surface area contributed by atoms with Crippen LogP contribution in [0, 0.1) is 0 Å². The van der Waals surface area contributed by atoms with Crippen LogP contribution in [0.15, 0.2) is 33.4 Å². The highest BCUT2D eigenvalue weighted by atomic mass is 15.1. The van der Waals surface area contributed by atoms with Gasteiger partial charge in [-0.05, 0) is 18.2 Å². The summed E-state index contributed by atoms with van der Waals surface area (Å²) in [5, 5.41) is 0. The van der Waals surface area contributed by atoms with Crippen LogP contribution in [0.25, 0.3) is 0 Å². The van der Waals surface area contributed by atoms with Gasteiger partial charge in [0.25, 0.3) is 0 Å². The lowest BCUT2D eigenvalue weighted by atomic mass is 10.1. The van der Waals surface area contributed by atoms with E-state index in [0.29, 0.717) is 6.67 Å². The van der Waals surface area contributed by atoms with Crippen molar-refractivity contribution in [2.24, 2.45) is 9.98 Å². The van der Waals surface area contributed by atoms with Gasteiger partial charge >= 0.3 is 0 Å². The van der Waals surface area contributed by atoms with Crippen molar-refractivity contribution in [3.05, 3.63) is 23.4 Å². The summed E-state index contributed by atoms with van der Waals surface area (Å²) in [6, 6.07) is 0. The molecule has 0 bridgehead atoms. The number of hydrogen-bond donors (Lipinski definition) is 0. The van der Waals surface area contributed by atoms with Crippen molar-refractivity contribution < 1.29 is 0 Å². The molecule has 3 aliphatic heterocycles. The van der Waals surface area contributed by atoms with Gasteiger partial charge in [0.15, 0.2) is 0 Å². The average Bonchev–Trinajstić information content (AvgIpc) is 3.04. The van der Waals surface area contributed by atoms with Gasteiger partial charge in [0.2, 0.25) is 0 Å². The monoisotopic (exact) mass is 244 g/mol. The molecule has 0 radical (unpaired) electrons. The molecule has 3 aliphatic rings. The fourth-order valence-corrected chi connectivity index (χ4v) is 2.74. The van der Waals surface area contributed by atoms with Gasteiger partial charge in [-0.25, -0.2) is 0 Å². The van der Waals surface area contributed by atoms with Crippen LogP contribution in [0.4, 0.5) is 0 Å². The molecule has 4 heteroatoms. The molecule has 4 nitrogen and oxygen atoms in total. The zero-order valence-electron chi connectivity index (χ0n) is 11.0. The van der Waals surface area contributed by atoms with E-state index in [4.69, 9.17) is 0 Å². The molecule has 0 atom stereocenters. The summed E-state index contributed by atoms with van der Waals surface area (Å²) < 4.78 is 0. The molecule has 0 aromatic rings. The summed E-state index contributed by atoms with van der Waals surface area (Å²) in [6.07, 6.45) is 8.78. The van der Waals surface area contributed by atoms with Crippen molar-refractivity contribution in [2.75, 3.05) is 39.9 Å². The van der Waals surface area contributed by atoms with Gasteiger partial charge in [0, 0.05) is 45.9 Å². The van der Waals surface area contributed by atoms with E-state index in [1.807, 2.05) is 6.21 Å². The van der Waals surface area contributed by atoms with E-state index in [-0.39, 0.29) is 0 Å². The molecule has 0 unspecified atom stereocenters. The average molecular weight is 244 g/mol. The molecule has 3 heterocycles. The van der Waals surface area contributed by atoms with Crippen LogP contribution < -0.4 is 0 Å². The summed E-state index contributed by atoms with van der Waals surface area (Å²) in [4.78, 5) is 13.3. The van der Waals surface area contributed by atoms with Crippen LogP contribution in [0.2, 0.25) is 0 Å². The lowest BCUT2D eigenvalue weighted by Crippen LogP contribution is -2.23. The molecular formula is C14H20N4. The van der Waals surface area contributed by atoms with E-state index in [2.05, 4.69) is 39.1 Å². The highest BCUT2D eigenvalue weighted by Gasteiger charge is 2.18. The second-order valence-corrected chi connectivity index (χ2v) is 5.33. The van der Waals surface area contributed by atoms with Gasteiger partial charge in [0.1, 0.15) is 6.67 Å². The maximum atomic E-state index is 4.35. The largest absolute Gasteiger partial charge is 0.380 e. The Morgan fingerprint density at radius 3 is 3.00 bits per heavy atom. The minimum Gasteiger partial charge on any atom is -0.380 e. The van der Waals surface area contributed by atoms with Crippen LogP contribution in [0.1, 0.15) is 12.8 Å². The third-order valence-corrected chi connectivity index (χ3v) is 3.68. The van der Waals surface area contributed by atoms with Crippen LogP contribution in [0.3, 0.4) is 0 Å². The van der Waals surface area contributed by atoms with Crippen LogP contribution in [0.5, 0.6) is 0 Å². The fourth-order valence-electron chi connectivity index (χ4n) is 2.74. The number of rotatable bonds is 4. The Kier molecular flexibility index (Phi) is 3.28. The molecule has 0 saturated heterocycles. The second-order valence-electron chi connectivity index (χ2n) is 5.33. The standard InChI is InChI=1S/C14H20N4/c1-17-4-2-13(8-17)10-18-5-3-12(9-18)6-14-7-15-11-16-14/h3,7-8H,2,4-6,9-11H2,1H3. The summed E-state index contributed by atoms with van der Waals surface area (Å²) in [5.74, 6) is 0. The zero-order valence-corrected chi connectivity index (χ0v) is 11.0. The topological polar surface area (TPSA) is 31.2 Å². The lowest BCUT2D eigenvalue weighted by molar-refractivity contribution is 0.376. The summed E-state index contributed by atoms with van der Waals surface area (Å²) >= 11 is 0. The second kappa shape index (κ2) is 5.06. The number of hydrogen-bond acceptors (Lipinski definition) is 4. The maximum absolute atomic E-state index is 4.35. The molecule has 0 aliphatic carbocycles. The first-order chi connectivity index (χ1) is 8.79. The molecule has 0 spiro atoms. The van der Waals surface area contributed by atoms with E-state index in [1.54, 1.807) is 5.57 Å². The Bertz CT molecular complexity index is 445. The molecule has 0 aromatic heterocycles. The molecule has 0 aromatic carbocycles. The molecule has 3 rings (SSSR count). The molecule has 0 saturated carbocycles. The van der Waals surface area contributed by atoms with E-state index >= 15 is 0 Å². The predicted octanol–water partition coefficient (Wildman–Crippen LogP) is 1.32. The van der Waals surface area contributed by atoms with Crippen molar-refractivity contribution >= 4 is 11.9 Å². The Hall–Kier alpha value is -1.42. The summed E-state index contributed by atoms with van der Waals surface area (Å²) in [6.45, 7) is 5.10. The van der Waals surface area contributed by atoms with Crippen molar-refractivity contribution in [1.82, 2.24) is 9.80 Å². The lowest BCUT2D eigenvalue weighted by Gasteiger charge is -2.16. The predicted molar refractivity (Wildman–Crippen MR) is 75.3 cm³/mol. The number of aliphatic imine (C=N–C) groups is 2. The van der Waals surface area contributed by atoms with Gasteiger partial charge in [-0.2, -0.15) is 0 Å². The van der Waals surface area contributed by atoms with Crippen LogP contribution >= 0.6 is 0 Å². The third kappa shape index (κ3) is 2.70. The first kappa shape index (κ1) is 11.7. The highest BCUT2D eigenvalue weighted by molar-refractivity contribution is 6.32. The minimum atomic E-state index is 0.631. The van der Waals surface area contributed by atoms with E-state index in [1.165, 1.54) is 18.5 Å². The summed E-state index contributed by atoms with van der Waals surface area (Å²) in [7, 11) is 2.15. The Morgan fingerprint density at radius 1 is 1.33 bits per heavy atom. The van der Waals surface area contributed by atoms with Crippen molar-refractivity contribution in [3.63, 3.8) is 0 Å². The zero-order chi connectivity index (χ0) is 12.4. The van der Waals surface area contributed by atoms with Crippen molar-refractivity contribution in [2.45, 2.75) is 12.8 Å². The van der Waals surface area contributed by atoms with Crippen LogP contribution in [-0.2, 0) is 0 Å². The molecule has 0 N–H and O–H groups in total. The first-order valence-corrected chi connectivity index (χ1v) is 6.63. The van der Waals surface area contributed by atoms with E-state index < -0.39 is 0 Å². The Balaban J connectivity index is 1.48. The first-order valence-electron chi connectivity index (χ1n) is 6.63. The summed E-state index contributed by atoms with van der Waals surface area (Å²) in [5.41, 5.74) is 4.20. The highest BCUT2D eigenvalue weighted by Crippen LogP contribution is 2.19. The van der Waals surface area contributed by atoms with Gasteiger partial charge in [0.05, 0.1) is 5.71 Å². The van der Waals surface area contributed by atoms with E-state index in [0.717, 1.165) is 31.8 Å². The van der Waals surface area contributed by atoms with E-state index in [9.17, 15) is 0 Å². The quantitative estimate of drug-likeness (QED) is 0.698. The van der Waals surface area contributed by atoms with Crippen LogP contribution in [-0.4, -0.2) is 61.6 Å². The van der Waals surface area contributed by atoms with Gasteiger partial charge in [-0.3, -0.25) is 14.9 Å². The molecule has 18 heavy (non-hydrogen) atoms. The molecule has 0 amide bonds. The molecule has 0 fully saturated rings. The number of nitrogens with zero attached hydrogens (tertiary/aromatic N) is 4. The van der Waals surface area contributed by atoms with Gasteiger partial charge in [-0.1, -0.05) is 11.6 Å². The third-order valence-electron chi connectivity index (χ3n) is 3.68. The molecule has 96 valence electrons. The minimum absolute atomic E-state index is 0.631. The fraction of sp³-hybridized carbons (Fsp3) is 0.571. The van der Waals surface area contributed by atoms with Crippen molar-refractivity contribution in [1.29, 1.82) is 0 Å². The van der Waals surface area contributed by atoms with Crippen molar-refractivity contribution in [3.8, 4) is 0 Å².